The monoisotopic (exact) mass is 521 g/mol. The van der Waals surface area contributed by atoms with Gasteiger partial charge in [-0.2, -0.15) is 5.10 Å². The molecule has 33 heavy (non-hydrogen) atoms. The largest absolute Gasteiger partial charge is 0.497 e. The number of hydrogen-bond acceptors (Lipinski definition) is 6. The average molecular weight is 522 g/mol. The van der Waals surface area contributed by atoms with Gasteiger partial charge in [0.1, 0.15) is 5.75 Å². The lowest BCUT2D eigenvalue weighted by molar-refractivity contribution is -0.118. The van der Waals surface area contributed by atoms with Gasteiger partial charge in [-0.1, -0.05) is 58.0 Å². The number of hydrogen-bond donors (Lipinski definition) is 1. The van der Waals surface area contributed by atoms with Gasteiger partial charge in [0.15, 0.2) is 11.0 Å². The van der Waals surface area contributed by atoms with Crippen molar-refractivity contribution in [2.75, 3.05) is 12.9 Å². The van der Waals surface area contributed by atoms with E-state index in [1.54, 1.807) is 13.3 Å². The van der Waals surface area contributed by atoms with Gasteiger partial charge in [0.05, 0.1) is 19.1 Å². The third-order valence-corrected chi connectivity index (χ3v) is 6.06. The summed E-state index contributed by atoms with van der Waals surface area (Å²) in [6.45, 7) is 0. The number of rotatable bonds is 8. The van der Waals surface area contributed by atoms with E-state index in [1.807, 2.05) is 83.4 Å². The highest BCUT2D eigenvalue weighted by molar-refractivity contribution is 9.10. The molecule has 0 atom stereocenters. The molecular weight excluding hydrogens is 502 g/mol. The number of carbonyl (C=O) groups excluding carboxylic acids is 1. The summed E-state index contributed by atoms with van der Waals surface area (Å²) in [4.78, 5) is 12.3. The fraction of sp³-hybridized carbons (Fsp3) is 0.0833. The number of nitrogens with zero attached hydrogens (tertiary/aromatic N) is 4. The minimum absolute atomic E-state index is 0.144. The SMILES string of the molecule is COc1ccc(C=NNC(=O)CSc2nnc(-c3ccc(Br)cc3)n2-c2ccccc2)cc1. The molecule has 4 rings (SSSR count). The Hall–Kier alpha value is -3.43. The Balaban J connectivity index is 1.46. The second-order valence-electron chi connectivity index (χ2n) is 6.84. The molecule has 9 heteroatoms. The number of para-hydroxylation sites is 1. The number of thioether (sulfide) groups is 1. The first-order valence-electron chi connectivity index (χ1n) is 9.99. The summed E-state index contributed by atoms with van der Waals surface area (Å²) in [5.74, 6) is 1.37. The number of carbonyl (C=O) groups is 1. The maximum atomic E-state index is 12.3. The van der Waals surface area contributed by atoms with Gasteiger partial charge in [-0.3, -0.25) is 9.36 Å². The van der Waals surface area contributed by atoms with Gasteiger partial charge >= 0.3 is 0 Å². The van der Waals surface area contributed by atoms with Crippen LogP contribution in [0.5, 0.6) is 5.75 Å². The first-order chi connectivity index (χ1) is 16.1. The Morgan fingerprint density at radius 1 is 1.06 bits per heavy atom. The number of hydrazone groups is 1. The highest BCUT2D eigenvalue weighted by Crippen LogP contribution is 2.28. The van der Waals surface area contributed by atoms with E-state index in [2.05, 4.69) is 36.7 Å². The molecule has 0 radical (unpaired) electrons. The van der Waals surface area contributed by atoms with E-state index in [0.717, 1.165) is 27.0 Å². The fourth-order valence-electron chi connectivity index (χ4n) is 2.99. The highest BCUT2D eigenvalue weighted by Gasteiger charge is 2.17. The van der Waals surface area contributed by atoms with Crippen molar-refractivity contribution in [2.24, 2.45) is 5.10 Å². The molecule has 3 aromatic carbocycles. The van der Waals surface area contributed by atoms with Crippen molar-refractivity contribution in [3.05, 3.63) is 88.9 Å². The molecule has 166 valence electrons. The van der Waals surface area contributed by atoms with E-state index < -0.39 is 0 Å². The van der Waals surface area contributed by atoms with Crippen LogP contribution in [0.1, 0.15) is 5.56 Å². The molecular formula is C24H20BrN5O2S. The van der Waals surface area contributed by atoms with Crippen LogP contribution >= 0.6 is 27.7 Å². The second kappa shape index (κ2) is 10.9. The molecule has 0 spiro atoms. The van der Waals surface area contributed by atoms with E-state index in [4.69, 9.17) is 4.74 Å². The van der Waals surface area contributed by atoms with Crippen molar-refractivity contribution in [2.45, 2.75) is 5.16 Å². The number of nitrogens with one attached hydrogen (secondary N) is 1. The van der Waals surface area contributed by atoms with Crippen molar-refractivity contribution < 1.29 is 9.53 Å². The Morgan fingerprint density at radius 3 is 2.48 bits per heavy atom. The number of methoxy groups -OCH3 is 1. The number of ether oxygens (including phenoxy) is 1. The first kappa shape index (κ1) is 22.8. The molecule has 0 unspecified atom stereocenters. The van der Waals surface area contributed by atoms with E-state index in [1.165, 1.54) is 11.8 Å². The predicted octanol–water partition coefficient (Wildman–Crippen LogP) is 4.95. The number of halogens is 1. The van der Waals surface area contributed by atoms with Crippen molar-refractivity contribution >= 4 is 39.8 Å². The number of aromatic nitrogens is 3. The van der Waals surface area contributed by atoms with Gasteiger partial charge < -0.3 is 4.74 Å². The summed E-state index contributed by atoms with van der Waals surface area (Å²) >= 11 is 4.76. The molecule has 0 saturated heterocycles. The summed E-state index contributed by atoms with van der Waals surface area (Å²) < 4.78 is 8.06. The molecule has 0 aliphatic carbocycles. The minimum atomic E-state index is -0.238. The van der Waals surface area contributed by atoms with Gasteiger partial charge in [-0.15, -0.1) is 10.2 Å². The van der Waals surface area contributed by atoms with Crippen LogP contribution in [0.3, 0.4) is 0 Å². The van der Waals surface area contributed by atoms with E-state index in [-0.39, 0.29) is 11.7 Å². The molecule has 1 aromatic heterocycles. The zero-order valence-electron chi connectivity index (χ0n) is 17.7. The van der Waals surface area contributed by atoms with E-state index in [9.17, 15) is 4.79 Å². The lowest BCUT2D eigenvalue weighted by Gasteiger charge is -2.10. The van der Waals surface area contributed by atoms with Crippen LogP contribution in [0.4, 0.5) is 0 Å². The van der Waals surface area contributed by atoms with Crippen LogP contribution in [0.15, 0.2) is 93.6 Å². The van der Waals surface area contributed by atoms with Crippen molar-refractivity contribution in [1.29, 1.82) is 0 Å². The lowest BCUT2D eigenvalue weighted by atomic mass is 10.2. The Bertz CT molecular complexity index is 1240. The topological polar surface area (TPSA) is 81.4 Å². The standard InChI is InChI=1S/C24H20BrN5O2S/c1-32-21-13-7-17(8-14-21)15-26-27-22(31)16-33-24-29-28-23(18-9-11-19(25)12-10-18)30(24)20-5-3-2-4-6-20/h2-15H,16H2,1H3,(H,27,31). The third kappa shape index (κ3) is 5.88. The summed E-state index contributed by atoms with van der Waals surface area (Å²) in [5, 5.41) is 13.4. The quantitative estimate of drug-likeness (QED) is 0.201. The number of benzene rings is 3. The fourth-order valence-corrected chi connectivity index (χ4v) is 4.00. The van der Waals surface area contributed by atoms with Crippen molar-refractivity contribution in [3.63, 3.8) is 0 Å². The zero-order valence-corrected chi connectivity index (χ0v) is 20.1. The molecule has 0 saturated carbocycles. The zero-order chi connectivity index (χ0) is 23.0. The molecule has 1 amide bonds. The van der Waals surface area contributed by atoms with Crippen LogP contribution in [0.25, 0.3) is 17.1 Å². The van der Waals surface area contributed by atoms with Crippen LogP contribution < -0.4 is 10.2 Å². The molecule has 1 N–H and O–H groups in total. The van der Waals surface area contributed by atoms with Crippen LogP contribution in [0, 0.1) is 0 Å². The maximum absolute atomic E-state index is 12.3. The molecule has 1 heterocycles. The predicted molar refractivity (Wildman–Crippen MR) is 134 cm³/mol. The second-order valence-corrected chi connectivity index (χ2v) is 8.70. The van der Waals surface area contributed by atoms with Gasteiger partial charge in [-0.05, 0) is 54.1 Å². The molecule has 4 aromatic rings. The molecule has 0 bridgehead atoms. The normalized spacial score (nSPS) is 11.0. The molecule has 7 nitrogen and oxygen atoms in total. The van der Waals surface area contributed by atoms with Crippen LogP contribution in [-0.4, -0.2) is 39.7 Å². The first-order valence-corrected chi connectivity index (χ1v) is 11.8. The summed E-state index contributed by atoms with van der Waals surface area (Å²) in [6, 6.07) is 25.1. The third-order valence-electron chi connectivity index (χ3n) is 4.60. The van der Waals surface area contributed by atoms with Gasteiger partial charge in [0.2, 0.25) is 0 Å². The van der Waals surface area contributed by atoms with E-state index in [0.29, 0.717) is 11.0 Å². The van der Waals surface area contributed by atoms with Gasteiger partial charge in [0, 0.05) is 15.7 Å². The van der Waals surface area contributed by atoms with E-state index >= 15 is 0 Å². The number of amides is 1. The Morgan fingerprint density at radius 2 is 1.79 bits per heavy atom. The molecule has 0 aliphatic rings. The van der Waals surface area contributed by atoms with Gasteiger partial charge in [-0.25, -0.2) is 5.43 Å². The smallest absolute Gasteiger partial charge is 0.250 e. The molecule has 0 aliphatic heterocycles. The summed E-state index contributed by atoms with van der Waals surface area (Å²) in [6.07, 6.45) is 1.58. The van der Waals surface area contributed by atoms with Crippen LogP contribution in [0.2, 0.25) is 0 Å². The van der Waals surface area contributed by atoms with Crippen molar-refractivity contribution in [1.82, 2.24) is 20.2 Å². The Labute approximate surface area is 204 Å². The maximum Gasteiger partial charge on any atom is 0.250 e. The summed E-state index contributed by atoms with van der Waals surface area (Å²) in [7, 11) is 1.61. The minimum Gasteiger partial charge on any atom is -0.497 e. The lowest BCUT2D eigenvalue weighted by Crippen LogP contribution is -2.20. The van der Waals surface area contributed by atoms with Crippen molar-refractivity contribution in [3.8, 4) is 22.8 Å². The summed E-state index contributed by atoms with van der Waals surface area (Å²) in [5.41, 5.74) is 5.25. The van der Waals surface area contributed by atoms with Crippen LogP contribution in [-0.2, 0) is 4.79 Å². The highest BCUT2D eigenvalue weighted by atomic mass is 79.9. The Kier molecular flexibility index (Phi) is 7.54. The van der Waals surface area contributed by atoms with Gasteiger partial charge in [0.25, 0.3) is 5.91 Å². The molecule has 0 fully saturated rings. The average Bonchev–Trinajstić information content (AvgIpc) is 3.28.